The summed E-state index contributed by atoms with van der Waals surface area (Å²) in [5, 5.41) is 22.9. The number of hydrogen-bond donors (Lipinski definition) is 3. The van der Waals surface area contributed by atoms with Crippen molar-refractivity contribution in [2.45, 2.75) is 50.4 Å². The van der Waals surface area contributed by atoms with E-state index in [1.54, 1.807) is 7.11 Å². The molecule has 1 aliphatic heterocycles. The summed E-state index contributed by atoms with van der Waals surface area (Å²) in [6, 6.07) is 19.4. The number of hydrogen-bond acceptors (Lipinski definition) is 5. The Hall–Kier alpha value is -1.92. The van der Waals surface area contributed by atoms with E-state index in [-0.39, 0.29) is 12.6 Å². The van der Waals surface area contributed by atoms with Crippen LogP contribution in [0.2, 0.25) is 0 Å². The summed E-state index contributed by atoms with van der Waals surface area (Å²) in [4.78, 5) is 2.49. The zero-order valence-corrected chi connectivity index (χ0v) is 17.3. The summed E-state index contributed by atoms with van der Waals surface area (Å²) < 4.78 is 5.51. The third kappa shape index (κ3) is 6.03. The molecular formula is C24H34N2O3. The molecule has 0 bridgehead atoms. The molecule has 0 radical (unpaired) electrons. The van der Waals surface area contributed by atoms with Gasteiger partial charge in [-0.05, 0) is 43.9 Å². The van der Waals surface area contributed by atoms with E-state index in [1.165, 1.54) is 5.56 Å². The fourth-order valence-corrected chi connectivity index (χ4v) is 4.32. The Morgan fingerprint density at radius 1 is 1.10 bits per heavy atom. The standard InChI is InChI=1S/C24H34N2O3/c1-29-23-12-6-5-10-20(23)18-25-22-11-7-15-26(16-13-21(28)14-17-27)24(22)19-8-3-2-4-9-19/h2-6,8-10,12,21-22,24-25,27-28H,7,11,13-18H2,1H3/t21?,22-,24-/m0/s1. The molecule has 5 nitrogen and oxygen atoms in total. The number of piperidine rings is 1. The molecule has 3 atom stereocenters. The van der Waals surface area contributed by atoms with E-state index in [0.29, 0.717) is 18.9 Å². The smallest absolute Gasteiger partial charge is 0.123 e. The fourth-order valence-electron chi connectivity index (χ4n) is 4.32. The lowest BCUT2D eigenvalue weighted by atomic mass is 9.89. The SMILES string of the molecule is COc1ccccc1CN[C@H]1CCCN(CCC(O)CCO)[C@H]1c1ccccc1. The largest absolute Gasteiger partial charge is 0.496 e. The molecule has 2 aromatic carbocycles. The second kappa shape index (κ2) is 11.3. The lowest BCUT2D eigenvalue weighted by Crippen LogP contribution is -2.48. The minimum Gasteiger partial charge on any atom is -0.496 e. The highest BCUT2D eigenvalue weighted by atomic mass is 16.5. The molecule has 0 saturated carbocycles. The predicted octanol–water partition coefficient (Wildman–Crippen LogP) is 3.12. The Kier molecular flexibility index (Phi) is 8.50. The number of para-hydroxylation sites is 1. The fraction of sp³-hybridized carbons (Fsp3) is 0.500. The number of aliphatic hydroxyl groups excluding tert-OH is 2. The number of rotatable bonds is 10. The maximum Gasteiger partial charge on any atom is 0.123 e. The molecule has 1 saturated heterocycles. The van der Waals surface area contributed by atoms with E-state index < -0.39 is 6.10 Å². The third-order valence-electron chi connectivity index (χ3n) is 5.84. The number of ether oxygens (including phenoxy) is 1. The molecule has 1 aliphatic rings. The second-order valence-electron chi connectivity index (χ2n) is 7.79. The van der Waals surface area contributed by atoms with Gasteiger partial charge in [0, 0.05) is 31.3 Å². The van der Waals surface area contributed by atoms with Crippen LogP contribution in [0, 0.1) is 0 Å². The highest BCUT2D eigenvalue weighted by Gasteiger charge is 2.32. The summed E-state index contributed by atoms with van der Waals surface area (Å²) in [6.45, 7) is 2.65. The maximum absolute atomic E-state index is 10.1. The molecule has 158 valence electrons. The van der Waals surface area contributed by atoms with Crippen LogP contribution >= 0.6 is 0 Å². The van der Waals surface area contributed by atoms with E-state index in [9.17, 15) is 5.11 Å². The van der Waals surface area contributed by atoms with Gasteiger partial charge in [0.25, 0.3) is 0 Å². The predicted molar refractivity (Wildman–Crippen MR) is 116 cm³/mol. The molecule has 3 rings (SSSR count). The average Bonchev–Trinajstić information content (AvgIpc) is 2.77. The summed E-state index contributed by atoms with van der Waals surface area (Å²) >= 11 is 0. The number of nitrogens with zero attached hydrogens (tertiary/aromatic N) is 1. The number of aliphatic hydroxyl groups is 2. The average molecular weight is 399 g/mol. The van der Waals surface area contributed by atoms with E-state index in [2.05, 4.69) is 46.6 Å². The zero-order valence-electron chi connectivity index (χ0n) is 17.3. The van der Waals surface area contributed by atoms with Gasteiger partial charge in [0.2, 0.25) is 0 Å². The first-order valence-corrected chi connectivity index (χ1v) is 10.7. The highest BCUT2D eigenvalue weighted by molar-refractivity contribution is 5.33. The monoisotopic (exact) mass is 398 g/mol. The van der Waals surface area contributed by atoms with Crippen molar-refractivity contribution in [3.05, 3.63) is 65.7 Å². The van der Waals surface area contributed by atoms with Crippen molar-refractivity contribution in [1.29, 1.82) is 0 Å². The van der Waals surface area contributed by atoms with Crippen LogP contribution in [0.4, 0.5) is 0 Å². The summed E-state index contributed by atoms with van der Waals surface area (Å²) in [6.07, 6.45) is 2.92. The number of methoxy groups -OCH3 is 1. The lowest BCUT2D eigenvalue weighted by molar-refractivity contribution is 0.0717. The van der Waals surface area contributed by atoms with Crippen LogP contribution in [-0.4, -0.2) is 54.1 Å². The van der Waals surface area contributed by atoms with Gasteiger partial charge in [0.05, 0.1) is 19.3 Å². The van der Waals surface area contributed by atoms with Crippen LogP contribution < -0.4 is 10.1 Å². The first-order valence-electron chi connectivity index (χ1n) is 10.7. The van der Waals surface area contributed by atoms with Gasteiger partial charge in [-0.15, -0.1) is 0 Å². The van der Waals surface area contributed by atoms with Crippen molar-refractivity contribution in [3.63, 3.8) is 0 Å². The Labute approximate surface area is 174 Å². The highest BCUT2D eigenvalue weighted by Crippen LogP contribution is 2.32. The maximum atomic E-state index is 10.1. The molecule has 0 aromatic heterocycles. The van der Waals surface area contributed by atoms with Crippen molar-refractivity contribution in [2.24, 2.45) is 0 Å². The van der Waals surface area contributed by atoms with Crippen molar-refractivity contribution in [1.82, 2.24) is 10.2 Å². The van der Waals surface area contributed by atoms with Gasteiger partial charge < -0.3 is 20.3 Å². The van der Waals surface area contributed by atoms with Gasteiger partial charge in [-0.1, -0.05) is 48.5 Å². The van der Waals surface area contributed by atoms with Crippen molar-refractivity contribution in [2.75, 3.05) is 26.8 Å². The minimum absolute atomic E-state index is 0.0341. The second-order valence-corrected chi connectivity index (χ2v) is 7.79. The van der Waals surface area contributed by atoms with Crippen LogP contribution in [0.25, 0.3) is 0 Å². The van der Waals surface area contributed by atoms with Crippen molar-refractivity contribution < 1.29 is 14.9 Å². The van der Waals surface area contributed by atoms with Crippen LogP contribution in [0.1, 0.15) is 42.9 Å². The van der Waals surface area contributed by atoms with Gasteiger partial charge in [0.15, 0.2) is 0 Å². The number of benzene rings is 2. The van der Waals surface area contributed by atoms with Crippen molar-refractivity contribution in [3.8, 4) is 5.75 Å². The van der Waals surface area contributed by atoms with Gasteiger partial charge in [0.1, 0.15) is 5.75 Å². The first kappa shape index (κ1) is 21.8. The Morgan fingerprint density at radius 3 is 2.62 bits per heavy atom. The Balaban J connectivity index is 1.73. The third-order valence-corrected chi connectivity index (χ3v) is 5.84. The molecule has 1 unspecified atom stereocenters. The molecule has 5 heteroatoms. The van der Waals surface area contributed by atoms with Crippen LogP contribution in [0.3, 0.4) is 0 Å². The molecule has 0 aliphatic carbocycles. The van der Waals surface area contributed by atoms with E-state index in [0.717, 1.165) is 43.8 Å². The molecule has 3 N–H and O–H groups in total. The van der Waals surface area contributed by atoms with Crippen LogP contribution in [-0.2, 0) is 6.54 Å². The van der Waals surface area contributed by atoms with E-state index >= 15 is 0 Å². The van der Waals surface area contributed by atoms with Crippen molar-refractivity contribution >= 4 is 0 Å². The molecule has 0 spiro atoms. The Bertz CT molecular complexity index is 725. The minimum atomic E-state index is -0.446. The van der Waals surface area contributed by atoms with Gasteiger partial charge >= 0.3 is 0 Å². The molecule has 1 fully saturated rings. The van der Waals surface area contributed by atoms with Gasteiger partial charge in [-0.2, -0.15) is 0 Å². The summed E-state index contributed by atoms with van der Waals surface area (Å²) in [7, 11) is 1.71. The zero-order chi connectivity index (χ0) is 20.5. The lowest BCUT2D eigenvalue weighted by Gasteiger charge is -2.42. The van der Waals surface area contributed by atoms with Crippen LogP contribution in [0.15, 0.2) is 54.6 Å². The molecule has 0 amide bonds. The van der Waals surface area contributed by atoms with Gasteiger partial charge in [-0.25, -0.2) is 0 Å². The molecule has 2 aromatic rings. The number of nitrogens with one attached hydrogen (secondary N) is 1. The van der Waals surface area contributed by atoms with Crippen LogP contribution in [0.5, 0.6) is 5.75 Å². The quantitative estimate of drug-likeness (QED) is 0.574. The van der Waals surface area contributed by atoms with Gasteiger partial charge in [-0.3, -0.25) is 4.90 Å². The normalized spacial score (nSPS) is 21.1. The summed E-state index contributed by atoms with van der Waals surface area (Å²) in [5.74, 6) is 0.913. The Morgan fingerprint density at radius 2 is 1.86 bits per heavy atom. The molecular weight excluding hydrogens is 364 g/mol. The first-order chi connectivity index (χ1) is 14.2. The number of likely N-dealkylation sites (tertiary alicyclic amines) is 1. The van der Waals surface area contributed by atoms with E-state index in [4.69, 9.17) is 9.84 Å². The van der Waals surface area contributed by atoms with E-state index in [1.807, 2.05) is 18.2 Å². The summed E-state index contributed by atoms with van der Waals surface area (Å²) in [5.41, 5.74) is 2.47. The topological polar surface area (TPSA) is 65.0 Å². The molecule has 29 heavy (non-hydrogen) atoms. The molecule has 1 heterocycles.